The molecule has 1 aromatic heterocycles. The standard InChI is InChI=1S/C15H13F4N3O3/c16-10-2-1-8(5-11(10)25-15(17,18)19)12-7-21-14(24-12)13(23)22-9-3-4-20-6-9/h1-2,5,7,9,20H,3-4,6H2,(H,22,23). The van der Waals surface area contributed by atoms with Crippen molar-refractivity contribution in [2.24, 2.45) is 0 Å². The summed E-state index contributed by atoms with van der Waals surface area (Å²) in [6, 6.07) is 2.79. The maximum atomic E-state index is 13.4. The zero-order valence-corrected chi connectivity index (χ0v) is 12.7. The number of oxazole rings is 1. The van der Waals surface area contributed by atoms with Crippen molar-refractivity contribution in [2.45, 2.75) is 18.8 Å². The summed E-state index contributed by atoms with van der Waals surface area (Å²) in [6.07, 6.45) is -3.08. The van der Waals surface area contributed by atoms with E-state index < -0.39 is 23.8 Å². The molecule has 2 heterocycles. The van der Waals surface area contributed by atoms with E-state index in [1.807, 2.05) is 0 Å². The molecule has 0 saturated carbocycles. The van der Waals surface area contributed by atoms with Gasteiger partial charge in [-0.05, 0) is 31.2 Å². The maximum absolute atomic E-state index is 13.4. The van der Waals surface area contributed by atoms with Gasteiger partial charge in [0.25, 0.3) is 5.89 Å². The van der Waals surface area contributed by atoms with Crippen molar-refractivity contribution in [3.05, 3.63) is 36.1 Å². The van der Waals surface area contributed by atoms with E-state index in [4.69, 9.17) is 4.42 Å². The van der Waals surface area contributed by atoms with Gasteiger partial charge in [-0.1, -0.05) is 0 Å². The number of carbonyl (C=O) groups excluding carboxylic acids is 1. The summed E-state index contributed by atoms with van der Waals surface area (Å²) in [5.74, 6) is -2.92. The van der Waals surface area contributed by atoms with Gasteiger partial charge in [-0.15, -0.1) is 13.2 Å². The molecule has 1 aliphatic heterocycles. The average molecular weight is 359 g/mol. The normalized spacial score (nSPS) is 17.5. The van der Waals surface area contributed by atoms with E-state index in [-0.39, 0.29) is 23.3 Å². The molecule has 3 rings (SSSR count). The first kappa shape index (κ1) is 17.2. The summed E-state index contributed by atoms with van der Waals surface area (Å²) in [5.41, 5.74) is 0.0923. The van der Waals surface area contributed by atoms with Crippen molar-refractivity contribution < 1.29 is 31.5 Å². The van der Waals surface area contributed by atoms with Crippen LogP contribution in [0.2, 0.25) is 0 Å². The van der Waals surface area contributed by atoms with E-state index in [0.29, 0.717) is 6.54 Å². The summed E-state index contributed by atoms with van der Waals surface area (Å²) in [5, 5.41) is 5.80. The Hall–Kier alpha value is -2.62. The summed E-state index contributed by atoms with van der Waals surface area (Å²) in [4.78, 5) is 15.8. The van der Waals surface area contributed by atoms with Crippen LogP contribution in [0.5, 0.6) is 5.75 Å². The number of aromatic nitrogens is 1. The molecule has 25 heavy (non-hydrogen) atoms. The van der Waals surface area contributed by atoms with E-state index in [0.717, 1.165) is 25.1 Å². The van der Waals surface area contributed by atoms with Gasteiger partial charge in [0.15, 0.2) is 17.3 Å². The minimum absolute atomic E-state index is 0.0155. The molecule has 1 saturated heterocycles. The quantitative estimate of drug-likeness (QED) is 0.821. The van der Waals surface area contributed by atoms with E-state index in [2.05, 4.69) is 20.4 Å². The van der Waals surface area contributed by atoms with Gasteiger partial charge in [-0.25, -0.2) is 9.37 Å². The fourth-order valence-corrected chi connectivity index (χ4v) is 2.40. The number of alkyl halides is 3. The number of benzene rings is 1. The molecule has 10 heteroatoms. The third-order valence-electron chi connectivity index (χ3n) is 3.54. The van der Waals surface area contributed by atoms with Gasteiger partial charge in [0.05, 0.1) is 6.20 Å². The zero-order chi connectivity index (χ0) is 18.0. The molecule has 1 atom stereocenters. The summed E-state index contributed by atoms with van der Waals surface area (Å²) < 4.78 is 59.1. The number of nitrogens with one attached hydrogen (secondary N) is 2. The number of hydrogen-bond donors (Lipinski definition) is 2. The molecule has 6 nitrogen and oxygen atoms in total. The lowest BCUT2D eigenvalue weighted by atomic mass is 10.2. The van der Waals surface area contributed by atoms with Gasteiger partial charge in [0.2, 0.25) is 0 Å². The van der Waals surface area contributed by atoms with Gasteiger partial charge >= 0.3 is 12.3 Å². The second-order valence-electron chi connectivity index (χ2n) is 5.39. The molecule has 0 radical (unpaired) electrons. The number of carbonyl (C=O) groups is 1. The van der Waals surface area contributed by atoms with Crippen molar-refractivity contribution >= 4 is 5.91 Å². The molecule has 1 fully saturated rings. The summed E-state index contributed by atoms with van der Waals surface area (Å²) >= 11 is 0. The second kappa shape index (κ2) is 6.71. The van der Waals surface area contributed by atoms with Crippen LogP contribution in [-0.4, -0.2) is 36.4 Å². The van der Waals surface area contributed by atoms with Gasteiger partial charge in [0, 0.05) is 18.2 Å². The number of halogens is 4. The van der Waals surface area contributed by atoms with Gasteiger partial charge in [0.1, 0.15) is 0 Å². The number of ether oxygens (including phenoxy) is 1. The van der Waals surface area contributed by atoms with Gasteiger partial charge in [-0.3, -0.25) is 4.79 Å². The SMILES string of the molecule is O=C(NC1CCNC1)c1ncc(-c2ccc(F)c(OC(F)(F)F)c2)o1. The first-order chi connectivity index (χ1) is 11.8. The van der Waals surface area contributed by atoms with Crippen molar-refractivity contribution in [2.75, 3.05) is 13.1 Å². The average Bonchev–Trinajstić information content (AvgIpc) is 3.19. The Bertz CT molecular complexity index is 770. The lowest BCUT2D eigenvalue weighted by Crippen LogP contribution is -2.36. The van der Waals surface area contributed by atoms with E-state index in [1.165, 1.54) is 12.3 Å². The fourth-order valence-electron chi connectivity index (χ4n) is 2.40. The molecule has 2 N–H and O–H groups in total. The highest BCUT2D eigenvalue weighted by Gasteiger charge is 2.32. The smallest absolute Gasteiger partial charge is 0.432 e. The first-order valence-corrected chi connectivity index (χ1v) is 7.35. The molecule has 2 aromatic rings. The number of rotatable bonds is 4. The van der Waals surface area contributed by atoms with E-state index in [9.17, 15) is 22.4 Å². The predicted octanol–water partition coefficient (Wildman–Crippen LogP) is 2.47. The second-order valence-corrected chi connectivity index (χ2v) is 5.39. The zero-order valence-electron chi connectivity index (χ0n) is 12.7. The molecule has 0 spiro atoms. The molecule has 1 aromatic carbocycles. The van der Waals surface area contributed by atoms with Gasteiger partial charge in [-0.2, -0.15) is 0 Å². The Balaban J connectivity index is 1.77. The Morgan fingerprint density at radius 2 is 2.20 bits per heavy atom. The van der Waals surface area contributed by atoms with Crippen LogP contribution in [0.4, 0.5) is 17.6 Å². The van der Waals surface area contributed by atoms with Crippen LogP contribution in [0.3, 0.4) is 0 Å². The highest BCUT2D eigenvalue weighted by atomic mass is 19.4. The van der Waals surface area contributed by atoms with Crippen LogP contribution in [0.25, 0.3) is 11.3 Å². The van der Waals surface area contributed by atoms with Crippen LogP contribution >= 0.6 is 0 Å². The third kappa shape index (κ3) is 4.27. The van der Waals surface area contributed by atoms with E-state index >= 15 is 0 Å². The lowest BCUT2D eigenvalue weighted by molar-refractivity contribution is -0.275. The van der Waals surface area contributed by atoms with Crippen LogP contribution < -0.4 is 15.4 Å². The highest BCUT2D eigenvalue weighted by molar-refractivity contribution is 5.90. The molecular weight excluding hydrogens is 346 g/mol. The molecule has 1 unspecified atom stereocenters. The van der Waals surface area contributed by atoms with Crippen LogP contribution in [-0.2, 0) is 0 Å². The lowest BCUT2D eigenvalue weighted by Gasteiger charge is -2.10. The number of amides is 1. The molecule has 0 bridgehead atoms. The van der Waals surface area contributed by atoms with Crippen molar-refractivity contribution in [1.29, 1.82) is 0 Å². The van der Waals surface area contributed by atoms with Gasteiger partial charge < -0.3 is 19.8 Å². The van der Waals surface area contributed by atoms with Crippen LogP contribution in [0.15, 0.2) is 28.8 Å². The highest BCUT2D eigenvalue weighted by Crippen LogP contribution is 2.30. The fraction of sp³-hybridized carbons (Fsp3) is 0.333. The minimum atomic E-state index is -5.03. The Kier molecular flexibility index (Phi) is 4.62. The maximum Gasteiger partial charge on any atom is 0.573 e. The molecule has 1 aliphatic rings. The minimum Gasteiger partial charge on any atom is -0.432 e. The first-order valence-electron chi connectivity index (χ1n) is 7.35. The number of hydrogen-bond acceptors (Lipinski definition) is 5. The molecule has 134 valence electrons. The molecular formula is C15H13F4N3O3. The monoisotopic (exact) mass is 359 g/mol. The summed E-state index contributed by atoms with van der Waals surface area (Å²) in [6.45, 7) is 1.43. The van der Waals surface area contributed by atoms with Crippen molar-refractivity contribution in [3.63, 3.8) is 0 Å². The summed E-state index contributed by atoms with van der Waals surface area (Å²) in [7, 11) is 0. The topological polar surface area (TPSA) is 76.4 Å². The predicted molar refractivity (Wildman–Crippen MR) is 77.3 cm³/mol. The number of nitrogens with zero attached hydrogens (tertiary/aromatic N) is 1. The Morgan fingerprint density at radius 1 is 1.40 bits per heavy atom. The third-order valence-corrected chi connectivity index (χ3v) is 3.54. The molecule has 0 aliphatic carbocycles. The Morgan fingerprint density at radius 3 is 2.88 bits per heavy atom. The largest absolute Gasteiger partial charge is 0.573 e. The van der Waals surface area contributed by atoms with Crippen molar-refractivity contribution in [1.82, 2.24) is 15.6 Å². The van der Waals surface area contributed by atoms with Crippen molar-refractivity contribution in [3.8, 4) is 17.1 Å². The Labute approximate surface area is 139 Å². The molecule has 1 amide bonds. The van der Waals surface area contributed by atoms with Crippen LogP contribution in [0, 0.1) is 5.82 Å². The van der Waals surface area contributed by atoms with E-state index in [1.54, 1.807) is 0 Å². The van der Waals surface area contributed by atoms with Crippen LogP contribution in [0.1, 0.15) is 17.1 Å².